The van der Waals surface area contributed by atoms with Gasteiger partial charge in [0.25, 0.3) is 0 Å². The fourth-order valence-corrected chi connectivity index (χ4v) is 2.28. The molecule has 0 atom stereocenters. The van der Waals surface area contributed by atoms with Crippen LogP contribution in [0.15, 0.2) is 51.2 Å². The molecule has 2 aromatic rings. The Balaban J connectivity index is 2.38. The second-order valence-corrected chi connectivity index (χ2v) is 3.91. The molecule has 3 nitrogen and oxygen atoms in total. The van der Waals surface area contributed by atoms with E-state index < -0.39 is 0 Å². The third kappa shape index (κ3) is 1.43. The van der Waals surface area contributed by atoms with Gasteiger partial charge in [-0.3, -0.25) is 4.98 Å². The van der Waals surface area contributed by atoms with Gasteiger partial charge >= 0.3 is 0 Å². The van der Waals surface area contributed by atoms with Gasteiger partial charge in [-0.2, -0.15) is 5.11 Å². The Morgan fingerprint density at radius 3 is 3.13 bits per heavy atom. The molecule has 0 fully saturated rings. The zero-order chi connectivity index (χ0) is 10.1. The van der Waals surface area contributed by atoms with Crippen molar-refractivity contribution in [2.24, 2.45) is 9.63 Å². The van der Waals surface area contributed by atoms with Crippen molar-refractivity contribution in [3.8, 4) is 0 Å². The highest BCUT2D eigenvalue weighted by molar-refractivity contribution is 7.98. The van der Waals surface area contributed by atoms with Gasteiger partial charge in [0, 0.05) is 28.4 Å². The lowest BCUT2D eigenvalue weighted by molar-refractivity contribution is 1.35. The summed E-state index contributed by atoms with van der Waals surface area (Å²) in [6.45, 7) is 0. The highest BCUT2D eigenvalue weighted by atomic mass is 32.2. The molecule has 1 aliphatic heterocycles. The van der Waals surface area contributed by atoms with Gasteiger partial charge in [-0.15, -0.1) is 4.52 Å². The molecular weight excluding hydrogens is 206 g/mol. The third-order valence-electron chi connectivity index (χ3n) is 2.27. The first kappa shape index (κ1) is 8.61. The van der Waals surface area contributed by atoms with Crippen LogP contribution in [0.2, 0.25) is 0 Å². The topological polar surface area (TPSA) is 37.6 Å². The van der Waals surface area contributed by atoms with Crippen LogP contribution in [-0.2, 0) is 0 Å². The van der Waals surface area contributed by atoms with Crippen LogP contribution in [0.1, 0.15) is 5.56 Å². The zero-order valence-corrected chi connectivity index (χ0v) is 8.61. The molecule has 0 spiro atoms. The molecule has 0 saturated carbocycles. The summed E-state index contributed by atoms with van der Waals surface area (Å²) in [6, 6.07) is 8.06. The Hall–Kier alpha value is -1.68. The summed E-state index contributed by atoms with van der Waals surface area (Å²) < 4.78 is 3.99. The highest BCUT2D eigenvalue weighted by Gasteiger charge is 2.08. The predicted molar refractivity (Wildman–Crippen MR) is 61.5 cm³/mol. The molecule has 0 aliphatic carbocycles. The maximum Gasteiger partial charge on any atom is 0.0714 e. The molecule has 1 aromatic heterocycles. The molecular formula is C11H7N3S. The molecule has 0 unspecified atom stereocenters. The standard InChI is InChI=1S/C11H7N3S/c1-2-9-10(12-6-1)4-3-8-5-7-13-14-15-11(8)9/h1-7H. The van der Waals surface area contributed by atoms with Crippen molar-refractivity contribution in [2.45, 2.75) is 4.90 Å². The van der Waals surface area contributed by atoms with Gasteiger partial charge in [0.15, 0.2) is 0 Å². The van der Waals surface area contributed by atoms with Crippen molar-refractivity contribution in [3.63, 3.8) is 0 Å². The summed E-state index contributed by atoms with van der Waals surface area (Å²) in [4.78, 5) is 5.43. The van der Waals surface area contributed by atoms with E-state index in [0.29, 0.717) is 0 Å². The molecule has 2 heterocycles. The van der Waals surface area contributed by atoms with Crippen molar-refractivity contribution in [1.29, 1.82) is 0 Å². The molecule has 0 amide bonds. The summed E-state index contributed by atoms with van der Waals surface area (Å²) in [7, 11) is 0. The summed E-state index contributed by atoms with van der Waals surface area (Å²) in [6.07, 6.45) is 5.47. The second kappa shape index (κ2) is 3.47. The molecule has 1 aliphatic rings. The van der Waals surface area contributed by atoms with Crippen molar-refractivity contribution < 1.29 is 0 Å². The summed E-state index contributed by atoms with van der Waals surface area (Å²) in [5.41, 5.74) is 2.14. The number of benzene rings is 1. The Labute approximate surface area is 91.1 Å². The first-order valence-corrected chi connectivity index (χ1v) is 5.34. The molecule has 3 rings (SSSR count). The fourth-order valence-electron chi connectivity index (χ4n) is 1.58. The van der Waals surface area contributed by atoms with E-state index in [1.807, 2.05) is 24.3 Å². The first-order chi connectivity index (χ1) is 7.45. The average Bonchev–Trinajstić information content (AvgIpc) is 2.54. The lowest BCUT2D eigenvalue weighted by Crippen LogP contribution is -1.83. The van der Waals surface area contributed by atoms with Gasteiger partial charge in [-0.05, 0) is 23.8 Å². The maximum atomic E-state index is 4.31. The molecule has 15 heavy (non-hydrogen) atoms. The second-order valence-electron chi connectivity index (χ2n) is 3.16. The fraction of sp³-hybridized carbons (Fsp3) is 0. The minimum atomic E-state index is 0.995. The SMILES string of the molecule is C1=Cc2ccc3ncccc3c2SN=N1. The quantitative estimate of drug-likeness (QED) is 0.626. The Morgan fingerprint density at radius 2 is 2.13 bits per heavy atom. The van der Waals surface area contributed by atoms with Gasteiger partial charge in [0.2, 0.25) is 0 Å². The average molecular weight is 213 g/mol. The minimum Gasteiger partial charge on any atom is -0.256 e. The molecule has 4 heteroatoms. The van der Waals surface area contributed by atoms with E-state index in [4.69, 9.17) is 0 Å². The number of pyridine rings is 1. The van der Waals surface area contributed by atoms with Crippen LogP contribution in [0.3, 0.4) is 0 Å². The third-order valence-corrected chi connectivity index (χ3v) is 3.08. The van der Waals surface area contributed by atoms with Crippen LogP contribution < -0.4 is 0 Å². The Bertz CT molecular complexity index is 575. The summed E-state index contributed by atoms with van der Waals surface area (Å²) >= 11 is 1.39. The summed E-state index contributed by atoms with van der Waals surface area (Å²) in [5, 5.41) is 5.01. The van der Waals surface area contributed by atoms with E-state index in [9.17, 15) is 0 Å². The maximum absolute atomic E-state index is 4.31. The Morgan fingerprint density at radius 1 is 1.13 bits per heavy atom. The lowest BCUT2D eigenvalue weighted by Gasteiger charge is -2.04. The smallest absolute Gasteiger partial charge is 0.0714 e. The molecule has 72 valence electrons. The van der Waals surface area contributed by atoms with Crippen LogP contribution in [0, 0.1) is 0 Å². The van der Waals surface area contributed by atoms with E-state index in [2.05, 4.69) is 20.7 Å². The number of rotatable bonds is 0. The van der Waals surface area contributed by atoms with Gasteiger partial charge in [-0.25, -0.2) is 0 Å². The molecule has 0 bridgehead atoms. The van der Waals surface area contributed by atoms with Crippen LogP contribution in [-0.4, -0.2) is 4.98 Å². The normalized spacial score (nSPS) is 13.9. The van der Waals surface area contributed by atoms with Crippen molar-refractivity contribution >= 4 is 28.9 Å². The predicted octanol–water partition coefficient (Wildman–Crippen LogP) is 3.68. The number of aromatic nitrogens is 1. The van der Waals surface area contributed by atoms with Crippen molar-refractivity contribution in [1.82, 2.24) is 4.98 Å². The molecule has 1 aromatic carbocycles. The van der Waals surface area contributed by atoms with E-state index >= 15 is 0 Å². The van der Waals surface area contributed by atoms with Gasteiger partial charge < -0.3 is 0 Å². The number of hydrogen-bond donors (Lipinski definition) is 0. The van der Waals surface area contributed by atoms with Crippen molar-refractivity contribution in [3.05, 3.63) is 42.2 Å². The number of hydrogen-bond acceptors (Lipinski definition) is 4. The van der Waals surface area contributed by atoms with Crippen LogP contribution in [0.5, 0.6) is 0 Å². The Kier molecular flexibility index (Phi) is 1.99. The van der Waals surface area contributed by atoms with E-state index in [1.54, 1.807) is 12.4 Å². The highest BCUT2D eigenvalue weighted by Crippen LogP contribution is 2.33. The zero-order valence-electron chi connectivity index (χ0n) is 7.79. The van der Waals surface area contributed by atoms with Crippen molar-refractivity contribution in [2.75, 3.05) is 0 Å². The van der Waals surface area contributed by atoms with Gasteiger partial charge in [0.1, 0.15) is 0 Å². The minimum absolute atomic E-state index is 0.995. The number of nitrogens with zero attached hydrogens (tertiary/aromatic N) is 3. The van der Waals surface area contributed by atoms with E-state index in [-0.39, 0.29) is 0 Å². The molecule has 0 saturated heterocycles. The van der Waals surface area contributed by atoms with E-state index in [0.717, 1.165) is 21.4 Å². The van der Waals surface area contributed by atoms with Crippen LogP contribution in [0.4, 0.5) is 0 Å². The molecule has 0 radical (unpaired) electrons. The van der Waals surface area contributed by atoms with Crippen LogP contribution >= 0.6 is 11.9 Å². The largest absolute Gasteiger partial charge is 0.256 e. The molecule has 0 N–H and O–H groups in total. The number of fused-ring (bicyclic) bond motifs is 3. The first-order valence-electron chi connectivity index (χ1n) is 4.56. The van der Waals surface area contributed by atoms with Crippen LogP contribution in [0.25, 0.3) is 17.0 Å². The van der Waals surface area contributed by atoms with E-state index in [1.165, 1.54) is 11.9 Å². The lowest BCUT2D eigenvalue weighted by atomic mass is 10.1. The summed E-state index contributed by atoms with van der Waals surface area (Å²) in [5.74, 6) is 0. The van der Waals surface area contributed by atoms with Gasteiger partial charge in [-0.1, -0.05) is 12.1 Å². The monoisotopic (exact) mass is 213 g/mol. The van der Waals surface area contributed by atoms with Gasteiger partial charge in [0.05, 0.1) is 11.7 Å².